The largest absolute Gasteiger partial charge is 0.378 e. The van der Waals surface area contributed by atoms with Gasteiger partial charge in [-0.15, -0.1) is 12.4 Å². The average Bonchev–Trinajstić information content (AvgIpc) is 2.85. The summed E-state index contributed by atoms with van der Waals surface area (Å²) in [6, 6.07) is 1.57. The fraction of sp³-hybridized carbons (Fsp3) is 1.00. The lowest BCUT2D eigenvalue weighted by atomic mass is 10.0. The highest BCUT2D eigenvalue weighted by atomic mass is 35.5. The molecule has 0 radical (unpaired) electrons. The third-order valence-electron chi connectivity index (χ3n) is 3.60. The summed E-state index contributed by atoms with van der Waals surface area (Å²) in [6.07, 6.45) is 2.87. The molecule has 2 heterocycles. The topological polar surface area (TPSA) is 24.5 Å². The highest BCUT2D eigenvalue weighted by Crippen LogP contribution is 2.37. The monoisotopic (exact) mass is 218 g/mol. The lowest BCUT2D eigenvalue weighted by Crippen LogP contribution is -2.63. The van der Waals surface area contributed by atoms with E-state index in [4.69, 9.17) is 4.74 Å². The zero-order chi connectivity index (χ0) is 8.67. The van der Waals surface area contributed by atoms with E-state index < -0.39 is 0 Å². The Bertz CT molecular complexity index is 195. The van der Waals surface area contributed by atoms with E-state index in [1.807, 2.05) is 0 Å². The number of nitrogens with zero attached hydrogens (tertiary/aromatic N) is 1. The standard InChI is InChI=1S/C10H18N2O.ClH/c1-2-8(1)10-7-13-4-3-12(10)9-5-11-6-9;/h8-11H,1-7H2;1H. The second-order valence-electron chi connectivity index (χ2n) is 4.53. The van der Waals surface area contributed by atoms with Gasteiger partial charge in [-0.1, -0.05) is 0 Å². The summed E-state index contributed by atoms with van der Waals surface area (Å²) in [6.45, 7) is 5.49. The molecule has 2 saturated heterocycles. The van der Waals surface area contributed by atoms with Gasteiger partial charge in [-0.2, -0.15) is 0 Å². The van der Waals surface area contributed by atoms with Crippen LogP contribution >= 0.6 is 12.4 Å². The molecule has 0 bridgehead atoms. The first-order valence-electron chi connectivity index (χ1n) is 5.49. The van der Waals surface area contributed by atoms with Crippen molar-refractivity contribution in [3.8, 4) is 0 Å². The van der Waals surface area contributed by atoms with Gasteiger partial charge in [0.1, 0.15) is 0 Å². The van der Waals surface area contributed by atoms with E-state index in [9.17, 15) is 0 Å². The molecule has 1 unspecified atom stereocenters. The Labute approximate surface area is 91.6 Å². The summed E-state index contributed by atoms with van der Waals surface area (Å²) >= 11 is 0. The van der Waals surface area contributed by atoms with Gasteiger partial charge in [0, 0.05) is 31.7 Å². The molecule has 1 N–H and O–H groups in total. The second kappa shape index (κ2) is 4.35. The number of ether oxygens (including phenoxy) is 1. The van der Waals surface area contributed by atoms with Gasteiger partial charge in [-0.25, -0.2) is 0 Å². The predicted molar refractivity (Wildman–Crippen MR) is 57.9 cm³/mol. The van der Waals surface area contributed by atoms with Gasteiger partial charge in [-0.3, -0.25) is 4.90 Å². The Morgan fingerprint density at radius 3 is 2.57 bits per heavy atom. The predicted octanol–water partition coefficient (Wildman–Crippen LogP) is 0.491. The van der Waals surface area contributed by atoms with Gasteiger partial charge in [0.15, 0.2) is 0 Å². The van der Waals surface area contributed by atoms with Crippen LogP contribution < -0.4 is 5.32 Å². The first kappa shape index (κ1) is 10.7. The molecular formula is C10H19ClN2O. The summed E-state index contributed by atoms with van der Waals surface area (Å²) in [5, 5.41) is 3.36. The van der Waals surface area contributed by atoms with Crippen molar-refractivity contribution in [2.24, 2.45) is 5.92 Å². The van der Waals surface area contributed by atoms with Gasteiger partial charge in [0.2, 0.25) is 0 Å². The van der Waals surface area contributed by atoms with Crippen molar-refractivity contribution in [1.82, 2.24) is 10.2 Å². The van der Waals surface area contributed by atoms with Crippen molar-refractivity contribution in [1.29, 1.82) is 0 Å². The Kier molecular flexibility index (Phi) is 3.32. The normalized spacial score (nSPS) is 34.7. The summed E-state index contributed by atoms with van der Waals surface area (Å²) in [5.41, 5.74) is 0. The molecule has 14 heavy (non-hydrogen) atoms. The van der Waals surface area contributed by atoms with Crippen molar-refractivity contribution in [2.75, 3.05) is 32.8 Å². The Morgan fingerprint density at radius 1 is 1.21 bits per heavy atom. The van der Waals surface area contributed by atoms with Crippen LogP contribution in [0.1, 0.15) is 12.8 Å². The van der Waals surface area contributed by atoms with E-state index in [0.717, 1.165) is 37.8 Å². The molecule has 2 aliphatic heterocycles. The molecule has 1 atom stereocenters. The molecule has 3 fully saturated rings. The van der Waals surface area contributed by atoms with Crippen LogP contribution in [0.4, 0.5) is 0 Å². The molecule has 0 aromatic carbocycles. The molecule has 0 amide bonds. The van der Waals surface area contributed by atoms with Gasteiger partial charge in [0.05, 0.1) is 13.2 Å². The lowest BCUT2D eigenvalue weighted by molar-refractivity contribution is -0.0467. The summed E-state index contributed by atoms with van der Waals surface area (Å²) in [5.74, 6) is 0.959. The first-order chi connectivity index (χ1) is 6.45. The number of hydrogen-bond acceptors (Lipinski definition) is 3. The zero-order valence-corrected chi connectivity index (χ0v) is 9.26. The minimum Gasteiger partial charge on any atom is -0.378 e. The Morgan fingerprint density at radius 2 is 2.00 bits per heavy atom. The number of halogens is 1. The third-order valence-corrected chi connectivity index (χ3v) is 3.60. The van der Waals surface area contributed by atoms with Crippen LogP contribution in [0.5, 0.6) is 0 Å². The van der Waals surface area contributed by atoms with Crippen LogP contribution in [0.2, 0.25) is 0 Å². The number of rotatable bonds is 2. The van der Waals surface area contributed by atoms with Crippen molar-refractivity contribution in [3.63, 3.8) is 0 Å². The van der Waals surface area contributed by atoms with Gasteiger partial charge in [-0.05, 0) is 18.8 Å². The fourth-order valence-corrected chi connectivity index (χ4v) is 2.48. The van der Waals surface area contributed by atoms with E-state index >= 15 is 0 Å². The molecule has 3 aliphatic rings. The second-order valence-corrected chi connectivity index (χ2v) is 4.53. The smallest absolute Gasteiger partial charge is 0.0625 e. The van der Waals surface area contributed by atoms with Crippen molar-refractivity contribution < 1.29 is 4.74 Å². The molecule has 0 aromatic rings. The van der Waals surface area contributed by atoms with E-state index in [-0.39, 0.29) is 12.4 Å². The summed E-state index contributed by atoms with van der Waals surface area (Å²) in [4.78, 5) is 2.69. The molecular weight excluding hydrogens is 200 g/mol. The maximum Gasteiger partial charge on any atom is 0.0625 e. The third kappa shape index (κ3) is 1.91. The molecule has 3 nitrogen and oxygen atoms in total. The maximum absolute atomic E-state index is 5.57. The maximum atomic E-state index is 5.57. The number of morpholine rings is 1. The quantitative estimate of drug-likeness (QED) is 0.731. The Hall–Kier alpha value is 0.170. The van der Waals surface area contributed by atoms with Crippen LogP contribution in [0.25, 0.3) is 0 Å². The van der Waals surface area contributed by atoms with E-state index in [1.54, 1.807) is 0 Å². The molecule has 0 spiro atoms. The summed E-state index contributed by atoms with van der Waals surface area (Å²) in [7, 11) is 0. The Balaban J connectivity index is 0.000000750. The van der Waals surface area contributed by atoms with Gasteiger partial charge >= 0.3 is 0 Å². The lowest BCUT2D eigenvalue weighted by Gasteiger charge is -2.45. The van der Waals surface area contributed by atoms with E-state index in [2.05, 4.69) is 10.2 Å². The van der Waals surface area contributed by atoms with Crippen LogP contribution in [0.15, 0.2) is 0 Å². The average molecular weight is 219 g/mol. The molecule has 4 heteroatoms. The van der Waals surface area contributed by atoms with E-state index in [0.29, 0.717) is 0 Å². The van der Waals surface area contributed by atoms with Gasteiger partial charge < -0.3 is 10.1 Å². The molecule has 1 aliphatic carbocycles. The molecule has 3 rings (SSSR count). The van der Waals surface area contributed by atoms with Crippen LogP contribution in [-0.4, -0.2) is 49.8 Å². The molecule has 82 valence electrons. The highest BCUT2D eigenvalue weighted by Gasteiger charge is 2.40. The fourth-order valence-electron chi connectivity index (χ4n) is 2.48. The summed E-state index contributed by atoms with van der Waals surface area (Å²) < 4.78 is 5.57. The van der Waals surface area contributed by atoms with Crippen LogP contribution in [0.3, 0.4) is 0 Å². The molecule has 1 saturated carbocycles. The molecule has 0 aromatic heterocycles. The van der Waals surface area contributed by atoms with Crippen LogP contribution in [-0.2, 0) is 4.74 Å². The van der Waals surface area contributed by atoms with Crippen molar-refractivity contribution in [3.05, 3.63) is 0 Å². The van der Waals surface area contributed by atoms with Crippen molar-refractivity contribution in [2.45, 2.75) is 24.9 Å². The minimum absolute atomic E-state index is 0. The SMILES string of the molecule is C1CN(C2CNC2)C(C2CC2)CO1.Cl. The van der Waals surface area contributed by atoms with Crippen LogP contribution in [0, 0.1) is 5.92 Å². The van der Waals surface area contributed by atoms with Crippen molar-refractivity contribution >= 4 is 12.4 Å². The number of nitrogens with one attached hydrogen (secondary N) is 1. The van der Waals surface area contributed by atoms with Gasteiger partial charge in [0.25, 0.3) is 0 Å². The first-order valence-corrected chi connectivity index (χ1v) is 5.49. The minimum atomic E-state index is 0. The number of hydrogen-bond donors (Lipinski definition) is 1. The highest BCUT2D eigenvalue weighted by molar-refractivity contribution is 5.85. The zero-order valence-electron chi connectivity index (χ0n) is 8.45. The van der Waals surface area contributed by atoms with E-state index in [1.165, 1.54) is 25.9 Å².